The highest BCUT2D eigenvalue weighted by Gasteiger charge is 2.30. The third kappa shape index (κ3) is 3.98. The molecule has 20 heavy (non-hydrogen) atoms. The molecule has 0 aliphatic carbocycles. The second-order valence-corrected chi connectivity index (χ2v) is 5.39. The van der Waals surface area contributed by atoms with Gasteiger partial charge in [0, 0.05) is 5.54 Å². The van der Waals surface area contributed by atoms with Gasteiger partial charge in [-0.15, -0.1) is 0 Å². The second-order valence-electron chi connectivity index (χ2n) is 5.39. The van der Waals surface area contributed by atoms with E-state index in [4.69, 9.17) is 9.84 Å². The maximum absolute atomic E-state index is 12.6. The minimum atomic E-state index is -1.04. The van der Waals surface area contributed by atoms with E-state index in [1.165, 1.54) is 4.90 Å². The molecule has 0 radical (unpaired) electrons. The van der Waals surface area contributed by atoms with Crippen LogP contribution < -0.4 is 4.74 Å². The first kappa shape index (κ1) is 16.0. The lowest BCUT2D eigenvalue weighted by atomic mass is 10.0. The van der Waals surface area contributed by atoms with Gasteiger partial charge >= 0.3 is 5.97 Å². The van der Waals surface area contributed by atoms with Gasteiger partial charge in [-0.25, -0.2) is 0 Å². The summed E-state index contributed by atoms with van der Waals surface area (Å²) in [6.07, 6.45) is 0. The lowest BCUT2D eigenvalue weighted by Gasteiger charge is -2.34. The fourth-order valence-corrected chi connectivity index (χ4v) is 1.82. The van der Waals surface area contributed by atoms with Crippen molar-refractivity contribution in [1.82, 2.24) is 4.90 Å². The minimum Gasteiger partial charge on any atom is -0.493 e. The first-order valence-corrected chi connectivity index (χ1v) is 6.53. The van der Waals surface area contributed by atoms with Crippen LogP contribution in [0.5, 0.6) is 5.75 Å². The van der Waals surface area contributed by atoms with Crippen molar-refractivity contribution in [2.45, 2.75) is 33.2 Å². The third-order valence-corrected chi connectivity index (χ3v) is 2.77. The molecular weight excluding hydrogens is 258 g/mol. The number of carbonyl (C=O) groups excluding carboxylic acids is 1. The molecule has 1 N–H and O–H groups in total. The Morgan fingerprint density at radius 1 is 1.25 bits per heavy atom. The van der Waals surface area contributed by atoms with Crippen LogP contribution in [0.3, 0.4) is 0 Å². The zero-order valence-electron chi connectivity index (χ0n) is 12.3. The number of carboxylic acids is 1. The Balaban J connectivity index is 3.15. The van der Waals surface area contributed by atoms with Gasteiger partial charge in [0.05, 0.1) is 12.2 Å². The van der Waals surface area contributed by atoms with E-state index in [1.54, 1.807) is 45.0 Å². The summed E-state index contributed by atoms with van der Waals surface area (Å²) >= 11 is 0. The number of amides is 1. The third-order valence-electron chi connectivity index (χ3n) is 2.77. The van der Waals surface area contributed by atoms with Crippen LogP contribution in [0.25, 0.3) is 0 Å². The van der Waals surface area contributed by atoms with E-state index < -0.39 is 11.5 Å². The predicted molar refractivity (Wildman–Crippen MR) is 76.0 cm³/mol. The maximum atomic E-state index is 12.6. The van der Waals surface area contributed by atoms with Gasteiger partial charge in [0.1, 0.15) is 12.3 Å². The molecule has 5 nitrogen and oxygen atoms in total. The van der Waals surface area contributed by atoms with Crippen LogP contribution >= 0.6 is 0 Å². The average Bonchev–Trinajstić information content (AvgIpc) is 2.35. The summed E-state index contributed by atoms with van der Waals surface area (Å²) in [4.78, 5) is 24.9. The quantitative estimate of drug-likeness (QED) is 0.898. The number of hydrogen-bond acceptors (Lipinski definition) is 3. The van der Waals surface area contributed by atoms with Gasteiger partial charge in [-0.1, -0.05) is 12.1 Å². The monoisotopic (exact) mass is 279 g/mol. The standard InChI is InChI=1S/C15H21NO4/c1-5-20-12-9-7-6-8-11(12)14(19)16(10-13(17)18)15(2,3)4/h6-9H,5,10H2,1-4H3,(H,17,18). The Labute approximate surface area is 119 Å². The topological polar surface area (TPSA) is 66.8 Å². The molecule has 1 rings (SSSR count). The largest absolute Gasteiger partial charge is 0.493 e. The van der Waals surface area contributed by atoms with Crippen molar-refractivity contribution in [2.24, 2.45) is 0 Å². The Bertz CT molecular complexity index is 491. The van der Waals surface area contributed by atoms with Crippen molar-refractivity contribution >= 4 is 11.9 Å². The van der Waals surface area contributed by atoms with Gasteiger partial charge in [0.15, 0.2) is 0 Å². The molecule has 0 saturated carbocycles. The van der Waals surface area contributed by atoms with Crippen LogP contribution in [0.15, 0.2) is 24.3 Å². The van der Waals surface area contributed by atoms with Crippen molar-refractivity contribution in [3.05, 3.63) is 29.8 Å². The first-order valence-electron chi connectivity index (χ1n) is 6.53. The molecular formula is C15H21NO4. The van der Waals surface area contributed by atoms with Crippen LogP contribution in [0, 0.1) is 0 Å². The Kier molecular flexibility index (Phi) is 5.13. The molecule has 0 fully saturated rings. The molecule has 0 aliphatic rings. The highest BCUT2D eigenvalue weighted by Crippen LogP contribution is 2.23. The summed E-state index contributed by atoms with van der Waals surface area (Å²) in [6.45, 7) is 7.34. The van der Waals surface area contributed by atoms with E-state index in [1.807, 2.05) is 6.92 Å². The summed E-state index contributed by atoms with van der Waals surface area (Å²) in [5.41, 5.74) is -0.208. The van der Waals surface area contributed by atoms with E-state index in [0.717, 1.165) is 0 Å². The van der Waals surface area contributed by atoms with Crippen molar-refractivity contribution in [3.63, 3.8) is 0 Å². The number of aliphatic carboxylic acids is 1. The molecule has 1 aromatic carbocycles. The summed E-state index contributed by atoms with van der Waals surface area (Å²) in [5, 5.41) is 8.99. The average molecular weight is 279 g/mol. The number of carboxylic acid groups (broad SMARTS) is 1. The lowest BCUT2D eigenvalue weighted by Crippen LogP contribution is -2.48. The van der Waals surface area contributed by atoms with Crippen molar-refractivity contribution < 1.29 is 19.4 Å². The van der Waals surface area contributed by atoms with Gasteiger partial charge in [0.25, 0.3) is 5.91 Å². The maximum Gasteiger partial charge on any atom is 0.323 e. The number of nitrogens with zero attached hydrogens (tertiary/aromatic N) is 1. The predicted octanol–water partition coefficient (Wildman–Crippen LogP) is 2.41. The lowest BCUT2D eigenvalue weighted by molar-refractivity contribution is -0.138. The highest BCUT2D eigenvalue weighted by molar-refractivity contribution is 5.98. The zero-order chi connectivity index (χ0) is 15.3. The SMILES string of the molecule is CCOc1ccccc1C(=O)N(CC(=O)O)C(C)(C)C. The summed E-state index contributed by atoms with van der Waals surface area (Å²) < 4.78 is 5.43. The molecule has 0 bridgehead atoms. The number of benzene rings is 1. The highest BCUT2D eigenvalue weighted by atomic mass is 16.5. The molecule has 0 aliphatic heterocycles. The number of carbonyl (C=O) groups is 2. The van der Waals surface area contributed by atoms with Crippen molar-refractivity contribution in [2.75, 3.05) is 13.2 Å². The number of para-hydroxylation sites is 1. The van der Waals surface area contributed by atoms with Gasteiger partial charge in [-0.2, -0.15) is 0 Å². The van der Waals surface area contributed by atoms with E-state index in [0.29, 0.717) is 17.9 Å². The molecule has 110 valence electrons. The fraction of sp³-hybridized carbons (Fsp3) is 0.467. The number of hydrogen-bond donors (Lipinski definition) is 1. The van der Waals surface area contributed by atoms with Crippen molar-refractivity contribution in [1.29, 1.82) is 0 Å². The molecule has 1 aromatic rings. The Morgan fingerprint density at radius 3 is 2.35 bits per heavy atom. The van der Waals surface area contributed by atoms with Crippen LogP contribution in [-0.4, -0.2) is 40.6 Å². The molecule has 0 heterocycles. The van der Waals surface area contributed by atoms with E-state index in [9.17, 15) is 9.59 Å². The molecule has 0 unspecified atom stereocenters. The van der Waals surface area contributed by atoms with Crippen LogP contribution in [-0.2, 0) is 4.79 Å². The molecule has 5 heteroatoms. The van der Waals surface area contributed by atoms with Crippen LogP contribution in [0.4, 0.5) is 0 Å². The number of ether oxygens (including phenoxy) is 1. The molecule has 0 aromatic heterocycles. The Morgan fingerprint density at radius 2 is 1.85 bits per heavy atom. The second kappa shape index (κ2) is 6.41. The van der Waals surface area contributed by atoms with Crippen molar-refractivity contribution in [3.8, 4) is 5.75 Å². The van der Waals surface area contributed by atoms with Gasteiger partial charge < -0.3 is 14.7 Å². The normalized spacial score (nSPS) is 11.0. The van der Waals surface area contributed by atoms with Gasteiger partial charge in [-0.3, -0.25) is 9.59 Å². The van der Waals surface area contributed by atoms with Gasteiger partial charge in [-0.05, 0) is 39.8 Å². The van der Waals surface area contributed by atoms with Crippen LogP contribution in [0.1, 0.15) is 38.1 Å². The summed E-state index contributed by atoms with van der Waals surface area (Å²) in [6, 6.07) is 6.87. The molecule has 0 spiro atoms. The van der Waals surface area contributed by atoms with E-state index in [2.05, 4.69) is 0 Å². The van der Waals surface area contributed by atoms with E-state index >= 15 is 0 Å². The number of rotatable bonds is 5. The van der Waals surface area contributed by atoms with Gasteiger partial charge in [0.2, 0.25) is 0 Å². The zero-order valence-corrected chi connectivity index (χ0v) is 12.3. The molecule has 0 atom stereocenters. The Hall–Kier alpha value is -2.04. The first-order chi connectivity index (χ1) is 9.27. The molecule has 1 amide bonds. The molecule has 0 saturated heterocycles. The fourth-order valence-electron chi connectivity index (χ4n) is 1.82. The smallest absolute Gasteiger partial charge is 0.323 e. The minimum absolute atomic E-state index is 0.344. The summed E-state index contributed by atoms with van der Waals surface area (Å²) in [5.74, 6) is -0.911. The van der Waals surface area contributed by atoms with E-state index in [-0.39, 0.29) is 12.5 Å². The summed E-state index contributed by atoms with van der Waals surface area (Å²) in [7, 11) is 0. The van der Waals surface area contributed by atoms with Crippen LogP contribution in [0.2, 0.25) is 0 Å².